The van der Waals surface area contributed by atoms with Gasteiger partial charge >= 0.3 is 0 Å². The van der Waals surface area contributed by atoms with Crippen LogP contribution in [-0.2, 0) is 4.79 Å². The van der Waals surface area contributed by atoms with Crippen LogP contribution in [0.5, 0.6) is 5.75 Å². The molecule has 0 aliphatic heterocycles. The number of rotatable bonds is 7. The average Bonchev–Trinajstić information content (AvgIpc) is 2.67. The summed E-state index contributed by atoms with van der Waals surface area (Å²) in [5.41, 5.74) is 1.00. The first kappa shape index (κ1) is 20.5. The van der Waals surface area contributed by atoms with Crippen LogP contribution in [0.2, 0.25) is 0 Å². The summed E-state index contributed by atoms with van der Waals surface area (Å²) in [5, 5.41) is 11.6. The highest BCUT2D eigenvalue weighted by molar-refractivity contribution is 9.10. The topological polar surface area (TPSA) is 82.4 Å². The fourth-order valence-electron chi connectivity index (χ4n) is 2.38. The first-order chi connectivity index (χ1) is 12.9. The number of nitriles is 1. The Morgan fingerprint density at radius 2 is 1.89 bits per heavy atom. The number of para-hydroxylation sites is 1. The van der Waals surface area contributed by atoms with Gasteiger partial charge in [-0.25, -0.2) is 0 Å². The predicted octanol–water partition coefficient (Wildman–Crippen LogP) is 3.70. The number of halogens is 1. The van der Waals surface area contributed by atoms with Crippen LogP contribution in [-0.4, -0.2) is 36.9 Å². The Morgan fingerprint density at radius 1 is 1.22 bits per heavy atom. The standard InChI is InChI=1S/C20H20BrN3O3/c1-14(11-22)12-24(2)20(26)17-5-3-4-6-18(17)27-13-19(25)23-16-9-7-15(21)8-10-16/h3-10,14H,12-13H2,1-2H3,(H,23,25)/t14-/m0/s1. The van der Waals surface area contributed by atoms with Gasteiger partial charge in [0, 0.05) is 23.8 Å². The molecule has 0 aliphatic rings. The van der Waals surface area contributed by atoms with Crippen LogP contribution < -0.4 is 10.1 Å². The maximum absolute atomic E-state index is 12.6. The number of benzene rings is 2. The first-order valence-corrected chi connectivity index (χ1v) is 9.12. The monoisotopic (exact) mass is 429 g/mol. The molecular weight excluding hydrogens is 410 g/mol. The zero-order valence-electron chi connectivity index (χ0n) is 15.1. The Morgan fingerprint density at radius 3 is 2.56 bits per heavy atom. The summed E-state index contributed by atoms with van der Waals surface area (Å²) in [6, 6.07) is 16.0. The molecule has 0 radical (unpaired) electrons. The molecule has 6 nitrogen and oxygen atoms in total. The van der Waals surface area contributed by atoms with E-state index in [9.17, 15) is 9.59 Å². The van der Waals surface area contributed by atoms with Crippen molar-refractivity contribution in [3.8, 4) is 11.8 Å². The molecule has 0 bridgehead atoms. The normalized spacial score (nSPS) is 11.2. The third-order valence-electron chi connectivity index (χ3n) is 3.72. The minimum atomic E-state index is -0.328. The molecule has 0 heterocycles. The number of amides is 2. The van der Waals surface area contributed by atoms with E-state index in [1.165, 1.54) is 4.90 Å². The van der Waals surface area contributed by atoms with Gasteiger partial charge in [-0.15, -0.1) is 0 Å². The van der Waals surface area contributed by atoms with Crippen molar-refractivity contribution in [1.29, 1.82) is 5.26 Å². The van der Waals surface area contributed by atoms with Crippen LogP contribution in [0.4, 0.5) is 5.69 Å². The SMILES string of the molecule is C[C@@H](C#N)CN(C)C(=O)c1ccccc1OCC(=O)Nc1ccc(Br)cc1. The molecule has 1 atom stereocenters. The summed E-state index contributed by atoms with van der Waals surface area (Å²) in [6.45, 7) is 1.84. The van der Waals surface area contributed by atoms with E-state index in [1.54, 1.807) is 50.4 Å². The van der Waals surface area contributed by atoms with Crippen LogP contribution in [0, 0.1) is 17.2 Å². The second kappa shape index (κ2) is 9.74. The Labute approximate surface area is 166 Å². The molecule has 27 heavy (non-hydrogen) atoms. The highest BCUT2D eigenvalue weighted by atomic mass is 79.9. The van der Waals surface area contributed by atoms with Crippen molar-refractivity contribution in [3.05, 3.63) is 58.6 Å². The maximum atomic E-state index is 12.6. The zero-order chi connectivity index (χ0) is 19.8. The van der Waals surface area contributed by atoms with E-state index in [0.29, 0.717) is 23.5 Å². The molecule has 1 N–H and O–H groups in total. The summed E-state index contributed by atoms with van der Waals surface area (Å²) in [7, 11) is 1.63. The molecule has 0 saturated carbocycles. The Kier molecular flexibility index (Phi) is 7.38. The van der Waals surface area contributed by atoms with E-state index < -0.39 is 0 Å². The Balaban J connectivity index is 2.00. The quantitative estimate of drug-likeness (QED) is 0.726. The smallest absolute Gasteiger partial charge is 0.262 e. The van der Waals surface area contributed by atoms with Crippen molar-refractivity contribution in [3.63, 3.8) is 0 Å². The van der Waals surface area contributed by atoms with E-state index in [2.05, 4.69) is 27.3 Å². The fraction of sp³-hybridized carbons (Fsp3) is 0.250. The number of nitrogens with one attached hydrogen (secondary N) is 1. The third kappa shape index (κ3) is 6.12. The van der Waals surface area contributed by atoms with Gasteiger partial charge in [-0.3, -0.25) is 9.59 Å². The predicted molar refractivity (Wildman–Crippen MR) is 106 cm³/mol. The van der Waals surface area contributed by atoms with Crippen molar-refractivity contribution in [2.45, 2.75) is 6.92 Å². The van der Waals surface area contributed by atoms with Gasteiger partial charge in [-0.1, -0.05) is 28.1 Å². The molecule has 140 valence electrons. The lowest BCUT2D eigenvalue weighted by molar-refractivity contribution is -0.118. The number of nitrogens with zero attached hydrogens (tertiary/aromatic N) is 2. The Hall–Kier alpha value is -2.85. The molecular formula is C20H20BrN3O3. The van der Waals surface area contributed by atoms with Gasteiger partial charge in [0.1, 0.15) is 5.75 Å². The molecule has 2 aromatic rings. The molecule has 0 saturated heterocycles. The molecule has 2 amide bonds. The number of hydrogen-bond acceptors (Lipinski definition) is 4. The average molecular weight is 430 g/mol. The number of carbonyl (C=O) groups is 2. The lowest BCUT2D eigenvalue weighted by Gasteiger charge is -2.20. The lowest BCUT2D eigenvalue weighted by Crippen LogP contribution is -2.31. The van der Waals surface area contributed by atoms with Crippen LogP contribution in [0.1, 0.15) is 17.3 Å². The van der Waals surface area contributed by atoms with Crippen LogP contribution in [0.25, 0.3) is 0 Å². The van der Waals surface area contributed by atoms with E-state index in [0.717, 1.165) is 4.47 Å². The first-order valence-electron chi connectivity index (χ1n) is 8.33. The molecule has 0 aliphatic carbocycles. The van der Waals surface area contributed by atoms with E-state index in [-0.39, 0.29) is 24.3 Å². The minimum Gasteiger partial charge on any atom is -0.483 e. The van der Waals surface area contributed by atoms with E-state index >= 15 is 0 Å². The van der Waals surface area contributed by atoms with Crippen molar-refractivity contribution >= 4 is 33.4 Å². The van der Waals surface area contributed by atoms with Crippen molar-refractivity contribution in [1.82, 2.24) is 4.90 Å². The van der Waals surface area contributed by atoms with Gasteiger partial charge in [0.05, 0.1) is 17.6 Å². The van der Waals surface area contributed by atoms with Crippen molar-refractivity contribution in [2.24, 2.45) is 5.92 Å². The molecule has 7 heteroatoms. The number of hydrogen-bond donors (Lipinski definition) is 1. The van der Waals surface area contributed by atoms with Gasteiger partial charge in [-0.05, 0) is 43.3 Å². The summed E-state index contributed by atoms with van der Waals surface area (Å²) in [5.74, 6) is -0.541. The number of carbonyl (C=O) groups excluding carboxylic acids is 2. The van der Waals surface area contributed by atoms with Gasteiger partial charge in [0.15, 0.2) is 6.61 Å². The van der Waals surface area contributed by atoms with Crippen LogP contribution in [0.15, 0.2) is 53.0 Å². The maximum Gasteiger partial charge on any atom is 0.262 e. The zero-order valence-corrected chi connectivity index (χ0v) is 16.7. The molecule has 2 rings (SSSR count). The van der Waals surface area contributed by atoms with E-state index in [4.69, 9.17) is 10.00 Å². The van der Waals surface area contributed by atoms with Gasteiger partial charge in [0.2, 0.25) is 0 Å². The molecule has 0 spiro atoms. The largest absolute Gasteiger partial charge is 0.483 e. The van der Waals surface area contributed by atoms with Gasteiger partial charge in [0.25, 0.3) is 11.8 Å². The van der Waals surface area contributed by atoms with Crippen LogP contribution in [0.3, 0.4) is 0 Å². The second-order valence-corrected chi connectivity index (χ2v) is 6.97. The Bertz CT molecular complexity index is 846. The van der Waals surface area contributed by atoms with Gasteiger partial charge < -0.3 is 15.0 Å². The highest BCUT2D eigenvalue weighted by Gasteiger charge is 2.18. The van der Waals surface area contributed by atoms with Crippen LogP contribution >= 0.6 is 15.9 Å². The van der Waals surface area contributed by atoms with Crippen molar-refractivity contribution < 1.29 is 14.3 Å². The molecule has 0 fully saturated rings. The highest BCUT2D eigenvalue weighted by Crippen LogP contribution is 2.20. The number of ether oxygens (including phenoxy) is 1. The summed E-state index contributed by atoms with van der Waals surface area (Å²) >= 11 is 3.33. The molecule has 0 aromatic heterocycles. The lowest BCUT2D eigenvalue weighted by atomic mass is 10.1. The van der Waals surface area contributed by atoms with Gasteiger partial charge in [-0.2, -0.15) is 5.26 Å². The summed E-state index contributed by atoms with van der Waals surface area (Å²) in [4.78, 5) is 26.2. The minimum absolute atomic E-state index is 0.224. The van der Waals surface area contributed by atoms with E-state index in [1.807, 2.05) is 12.1 Å². The molecule has 0 unspecified atom stereocenters. The summed E-state index contributed by atoms with van der Waals surface area (Å²) in [6.07, 6.45) is 0. The second-order valence-electron chi connectivity index (χ2n) is 6.06. The molecule has 2 aromatic carbocycles. The summed E-state index contributed by atoms with van der Waals surface area (Å²) < 4.78 is 6.48. The fourth-order valence-corrected chi connectivity index (χ4v) is 2.65. The third-order valence-corrected chi connectivity index (χ3v) is 4.25. The number of anilines is 1. The van der Waals surface area contributed by atoms with Crippen molar-refractivity contribution in [2.75, 3.05) is 25.5 Å².